The largest absolute Gasteiger partial charge is 0.494 e. The third kappa shape index (κ3) is 4.72. The van der Waals surface area contributed by atoms with Crippen LogP contribution in [0, 0.1) is 11.6 Å². The number of carbonyl (C=O) groups is 2. The van der Waals surface area contributed by atoms with Crippen molar-refractivity contribution in [3.63, 3.8) is 0 Å². The number of hydrogen-bond donors (Lipinski definition) is 0. The summed E-state index contributed by atoms with van der Waals surface area (Å²) in [6.45, 7) is -1.25. The molecule has 0 spiro atoms. The zero-order valence-electron chi connectivity index (χ0n) is 15.1. The summed E-state index contributed by atoms with van der Waals surface area (Å²) in [4.78, 5) is 35.7. The quantitative estimate of drug-likeness (QED) is 0.440. The van der Waals surface area contributed by atoms with Crippen molar-refractivity contribution in [2.24, 2.45) is 0 Å². The van der Waals surface area contributed by atoms with Crippen LogP contribution in [-0.4, -0.2) is 35.2 Å². The van der Waals surface area contributed by atoms with Crippen LogP contribution in [0.4, 0.5) is 8.78 Å². The Morgan fingerprint density at radius 1 is 1.14 bits per heavy atom. The van der Waals surface area contributed by atoms with Crippen LogP contribution < -0.4 is 10.5 Å². The molecule has 0 saturated heterocycles. The van der Waals surface area contributed by atoms with Crippen molar-refractivity contribution in [1.82, 2.24) is 9.78 Å². The molecule has 0 aliphatic carbocycles. The molecule has 0 atom stereocenters. The van der Waals surface area contributed by atoms with Gasteiger partial charge in [0.1, 0.15) is 12.4 Å². The highest BCUT2D eigenvalue weighted by Crippen LogP contribution is 2.18. The Hall–Kier alpha value is -3.82. The number of hydrogen-bond acceptors (Lipinski definition) is 7. The van der Waals surface area contributed by atoms with E-state index < -0.39 is 42.3 Å². The van der Waals surface area contributed by atoms with Crippen molar-refractivity contribution in [2.75, 3.05) is 13.7 Å². The Labute approximate surface area is 162 Å². The van der Waals surface area contributed by atoms with Gasteiger partial charge in [0, 0.05) is 11.1 Å². The molecule has 0 fully saturated rings. The summed E-state index contributed by atoms with van der Waals surface area (Å²) in [6, 6.07) is 8.61. The van der Waals surface area contributed by atoms with E-state index in [9.17, 15) is 23.2 Å². The highest BCUT2D eigenvalue weighted by molar-refractivity contribution is 5.98. The predicted octanol–water partition coefficient (Wildman–Crippen LogP) is 2.22. The second-order valence-corrected chi connectivity index (χ2v) is 5.77. The predicted molar refractivity (Wildman–Crippen MR) is 94.4 cm³/mol. The van der Waals surface area contributed by atoms with Gasteiger partial charge >= 0.3 is 11.7 Å². The molecule has 0 saturated carbocycles. The van der Waals surface area contributed by atoms with E-state index in [-0.39, 0.29) is 17.2 Å². The average molecular weight is 404 g/mol. The smallest absolute Gasteiger partial charge is 0.437 e. The maximum atomic E-state index is 13.6. The van der Waals surface area contributed by atoms with Gasteiger partial charge in [-0.15, -0.1) is 5.10 Å². The number of nitrogens with zero attached hydrogens (tertiary/aromatic N) is 2. The summed E-state index contributed by atoms with van der Waals surface area (Å²) in [5.74, 6) is -3.82. The van der Waals surface area contributed by atoms with Gasteiger partial charge in [-0.2, -0.15) is 4.68 Å². The van der Waals surface area contributed by atoms with Crippen LogP contribution in [-0.2, 0) is 16.1 Å². The molecule has 0 N–H and O–H groups in total. The molecule has 1 aromatic heterocycles. The van der Waals surface area contributed by atoms with Crippen LogP contribution in [0.3, 0.4) is 0 Å². The van der Waals surface area contributed by atoms with Crippen LogP contribution in [0.15, 0.2) is 51.7 Å². The Bertz CT molecular complexity index is 1100. The SMILES string of the molecule is COc1ccc(C(=O)COC(=O)Cn2nc(-c3ccc(F)cc3)oc2=O)cc1F. The van der Waals surface area contributed by atoms with E-state index in [1.807, 2.05) is 0 Å². The number of ether oxygens (including phenoxy) is 2. The highest BCUT2D eigenvalue weighted by Gasteiger charge is 2.16. The fraction of sp³-hybridized carbons (Fsp3) is 0.158. The first kappa shape index (κ1) is 19.9. The third-order valence-corrected chi connectivity index (χ3v) is 3.81. The summed E-state index contributed by atoms with van der Waals surface area (Å²) < 4.78 is 41.8. The molecule has 1 heterocycles. The second kappa shape index (κ2) is 8.46. The zero-order chi connectivity index (χ0) is 21.0. The van der Waals surface area contributed by atoms with E-state index in [2.05, 4.69) is 5.10 Å². The van der Waals surface area contributed by atoms with Crippen molar-refractivity contribution in [2.45, 2.75) is 6.54 Å². The van der Waals surface area contributed by atoms with Crippen molar-refractivity contribution in [1.29, 1.82) is 0 Å². The number of carbonyl (C=O) groups excluding carboxylic acids is 2. The van der Waals surface area contributed by atoms with Gasteiger partial charge in [-0.05, 0) is 42.5 Å². The number of rotatable bonds is 7. The summed E-state index contributed by atoms with van der Waals surface area (Å²) >= 11 is 0. The molecule has 3 rings (SSSR count). The van der Waals surface area contributed by atoms with Gasteiger partial charge in [-0.25, -0.2) is 13.6 Å². The standard InChI is InChI=1S/C19H14F2N2O6/c1-27-16-7-4-12(8-14(16)21)15(24)10-28-17(25)9-23-19(26)29-18(22-23)11-2-5-13(20)6-3-11/h2-8H,9-10H2,1H3. The number of esters is 1. The number of aromatic nitrogens is 2. The fourth-order valence-electron chi connectivity index (χ4n) is 2.35. The molecule has 10 heteroatoms. The molecule has 0 radical (unpaired) electrons. The lowest BCUT2D eigenvalue weighted by molar-refractivity contribution is -0.143. The molecule has 0 amide bonds. The maximum Gasteiger partial charge on any atom is 0.437 e. The van der Waals surface area contributed by atoms with Gasteiger partial charge in [0.05, 0.1) is 7.11 Å². The van der Waals surface area contributed by atoms with Crippen molar-refractivity contribution in [3.05, 3.63) is 70.2 Å². The molecule has 8 nitrogen and oxygen atoms in total. The van der Waals surface area contributed by atoms with Crippen LogP contribution in [0.1, 0.15) is 10.4 Å². The molecule has 0 unspecified atom stereocenters. The van der Waals surface area contributed by atoms with Gasteiger partial charge in [0.15, 0.2) is 24.0 Å². The first-order chi connectivity index (χ1) is 13.9. The molecular formula is C19H14F2N2O6. The van der Waals surface area contributed by atoms with E-state index in [0.29, 0.717) is 10.2 Å². The Morgan fingerprint density at radius 2 is 1.86 bits per heavy atom. The van der Waals surface area contributed by atoms with Crippen LogP contribution in [0.5, 0.6) is 5.75 Å². The number of methoxy groups -OCH3 is 1. The zero-order valence-corrected chi connectivity index (χ0v) is 15.1. The molecule has 0 bridgehead atoms. The summed E-state index contributed by atoms with van der Waals surface area (Å²) in [6.07, 6.45) is 0. The number of ketones is 1. The van der Waals surface area contributed by atoms with Gasteiger partial charge in [0.2, 0.25) is 5.89 Å². The number of benzene rings is 2. The van der Waals surface area contributed by atoms with E-state index >= 15 is 0 Å². The minimum atomic E-state index is -0.926. The molecule has 2 aromatic carbocycles. The van der Waals surface area contributed by atoms with Crippen molar-refractivity contribution in [3.8, 4) is 17.2 Å². The molecule has 3 aromatic rings. The van der Waals surface area contributed by atoms with Gasteiger partial charge in [-0.3, -0.25) is 9.59 Å². The Balaban J connectivity index is 1.61. The van der Waals surface area contributed by atoms with Crippen LogP contribution in [0.25, 0.3) is 11.5 Å². The monoisotopic (exact) mass is 404 g/mol. The minimum absolute atomic E-state index is 0.00620. The Morgan fingerprint density at radius 3 is 2.52 bits per heavy atom. The second-order valence-electron chi connectivity index (χ2n) is 5.77. The van der Waals surface area contributed by atoms with E-state index in [4.69, 9.17) is 13.9 Å². The van der Waals surface area contributed by atoms with Crippen molar-refractivity contribution >= 4 is 11.8 Å². The molecule has 0 aliphatic heterocycles. The van der Waals surface area contributed by atoms with Gasteiger partial charge < -0.3 is 13.9 Å². The van der Waals surface area contributed by atoms with Gasteiger partial charge in [0.25, 0.3) is 0 Å². The highest BCUT2D eigenvalue weighted by atomic mass is 19.1. The lowest BCUT2D eigenvalue weighted by Gasteiger charge is -2.06. The van der Waals surface area contributed by atoms with Crippen LogP contribution in [0.2, 0.25) is 0 Å². The summed E-state index contributed by atoms with van der Waals surface area (Å²) in [5.41, 5.74) is 0.334. The lowest BCUT2D eigenvalue weighted by Crippen LogP contribution is -2.24. The maximum absolute atomic E-state index is 13.6. The van der Waals surface area contributed by atoms with Crippen molar-refractivity contribution < 1.29 is 32.3 Å². The van der Waals surface area contributed by atoms with Crippen LogP contribution >= 0.6 is 0 Å². The topological polar surface area (TPSA) is 101 Å². The summed E-state index contributed by atoms with van der Waals surface area (Å²) in [7, 11) is 1.29. The number of halogens is 2. The third-order valence-electron chi connectivity index (χ3n) is 3.81. The first-order valence-corrected chi connectivity index (χ1v) is 8.23. The minimum Gasteiger partial charge on any atom is -0.494 e. The average Bonchev–Trinajstić information content (AvgIpc) is 3.06. The molecule has 0 aliphatic rings. The van der Waals surface area contributed by atoms with E-state index in [1.54, 1.807) is 0 Å². The Kier molecular flexibility index (Phi) is 5.82. The van der Waals surface area contributed by atoms with E-state index in [1.165, 1.54) is 31.4 Å². The van der Waals surface area contributed by atoms with Gasteiger partial charge in [-0.1, -0.05) is 0 Å². The summed E-state index contributed by atoms with van der Waals surface area (Å²) in [5, 5.41) is 3.83. The fourth-order valence-corrected chi connectivity index (χ4v) is 2.35. The normalized spacial score (nSPS) is 10.6. The van der Waals surface area contributed by atoms with E-state index in [0.717, 1.165) is 18.2 Å². The molecule has 29 heavy (non-hydrogen) atoms. The first-order valence-electron chi connectivity index (χ1n) is 8.23. The number of Topliss-reactive ketones (excluding diaryl/α,β-unsaturated/α-hetero) is 1. The lowest BCUT2D eigenvalue weighted by atomic mass is 10.1. The molecule has 150 valence electrons. The molecular weight excluding hydrogens is 390 g/mol.